The van der Waals surface area contributed by atoms with Crippen LogP contribution in [0.2, 0.25) is 0 Å². The average Bonchev–Trinajstić information content (AvgIpc) is 2.74. The van der Waals surface area contributed by atoms with Crippen molar-refractivity contribution in [1.29, 1.82) is 0 Å². The summed E-state index contributed by atoms with van der Waals surface area (Å²) in [6.07, 6.45) is 1.14. The van der Waals surface area contributed by atoms with Gasteiger partial charge < -0.3 is 9.64 Å². The molecule has 0 bridgehead atoms. The van der Waals surface area contributed by atoms with Gasteiger partial charge in [-0.15, -0.1) is 0 Å². The predicted molar refractivity (Wildman–Crippen MR) is 109 cm³/mol. The van der Waals surface area contributed by atoms with E-state index in [4.69, 9.17) is 4.74 Å². The van der Waals surface area contributed by atoms with Crippen molar-refractivity contribution < 1.29 is 14.3 Å². The van der Waals surface area contributed by atoms with E-state index in [1.54, 1.807) is 24.8 Å². The Kier molecular flexibility index (Phi) is 6.46. The maximum atomic E-state index is 13.0. The number of aryl methyl sites for hydroxylation is 1. The van der Waals surface area contributed by atoms with Crippen LogP contribution in [-0.2, 0) is 14.3 Å². The molecule has 1 saturated heterocycles. The number of nitrogens with zero attached hydrogens (tertiary/aromatic N) is 3. The molecular formula is C22H27N3O4. The highest BCUT2D eigenvalue weighted by molar-refractivity contribution is 5.80. The van der Waals surface area contributed by atoms with E-state index in [9.17, 15) is 14.4 Å². The Morgan fingerprint density at radius 2 is 1.79 bits per heavy atom. The summed E-state index contributed by atoms with van der Waals surface area (Å²) in [4.78, 5) is 38.9. The van der Waals surface area contributed by atoms with Gasteiger partial charge >= 0.3 is 5.97 Å². The maximum absolute atomic E-state index is 13.0. The molecule has 0 N–H and O–H groups in total. The van der Waals surface area contributed by atoms with Crippen molar-refractivity contribution in [2.24, 2.45) is 5.92 Å². The second-order valence-electron chi connectivity index (χ2n) is 7.39. The number of likely N-dealkylation sites (tertiary alicyclic amines) is 1. The van der Waals surface area contributed by atoms with Crippen LogP contribution in [0.4, 0.5) is 0 Å². The molecule has 1 amide bonds. The summed E-state index contributed by atoms with van der Waals surface area (Å²) >= 11 is 0. The quantitative estimate of drug-likeness (QED) is 0.725. The fourth-order valence-electron chi connectivity index (χ4n) is 3.55. The van der Waals surface area contributed by atoms with Crippen molar-refractivity contribution in [1.82, 2.24) is 14.7 Å². The Balaban J connectivity index is 1.73. The Morgan fingerprint density at radius 3 is 2.41 bits per heavy atom. The average molecular weight is 397 g/mol. The molecule has 1 unspecified atom stereocenters. The van der Waals surface area contributed by atoms with Crippen molar-refractivity contribution in [2.75, 3.05) is 19.7 Å². The number of amides is 1. The normalized spacial score (nSPS) is 15.8. The first-order valence-corrected chi connectivity index (χ1v) is 10.0. The molecule has 29 heavy (non-hydrogen) atoms. The number of rotatable bonds is 5. The molecular weight excluding hydrogens is 370 g/mol. The van der Waals surface area contributed by atoms with Crippen LogP contribution in [0.5, 0.6) is 0 Å². The number of aromatic nitrogens is 2. The summed E-state index contributed by atoms with van der Waals surface area (Å²) < 4.78 is 6.32. The molecule has 3 rings (SSSR count). The smallest absolute Gasteiger partial charge is 0.309 e. The van der Waals surface area contributed by atoms with Gasteiger partial charge in [0.15, 0.2) is 0 Å². The van der Waals surface area contributed by atoms with Crippen LogP contribution < -0.4 is 5.56 Å². The number of carbonyl (C=O) groups excluding carboxylic acids is 2. The lowest BCUT2D eigenvalue weighted by molar-refractivity contribution is -0.151. The van der Waals surface area contributed by atoms with Crippen molar-refractivity contribution in [3.8, 4) is 11.3 Å². The molecule has 0 radical (unpaired) electrons. The van der Waals surface area contributed by atoms with Crippen molar-refractivity contribution in [3.63, 3.8) is 0 Å². The van der Waals surface area contributed by atoms with Crippen LogP contribution in [0.1, 0.15) is 38.3 Å². The Labute approximate surface area is 170 Å². The molecule has 1 atom stereocenters. The van der Waals surface area contributed by atoms with Gasteiger partial charge in [0.1, 0.15) is 6.04 Å². The zero-order valence-corrected chi connectivity index (χ0v) is 17.1. The Bertz CT molecular complexity index is 928. The standard InChI is InChI=1S/C22H27N3O4/c1-4-29-22(28)18-11-13-24(14-12-18)21(27)16(3)25-20(26)10-9-19(23-25)17-7-5-15(2)6-8-17/h5-10,16,18H,4,11-14H2,1-3H3. The Morgan fingerprint density at radius 1 is 1.14 bits per heavy atom. The van der Waals surface area contributed by atoms with Gasteiger partial charge in [-0.1, -0.05) is 29.8 Å². The number of esters is 1. The van der Waals surface area contributed by atoms with Crippen LogP contribution in [0.15, 0.2) is 41.2 Å². The lowest BCUT2D eigenvalue weighted by Gasteiger charge is -2.32. The first-order valence-electron chi connectivity index (χ1n) is 10.0. The van der Waals surface area contributed by atoms with Crippen LogP contribution in [0.3, 0.4) is 0 Å². The summed E-state index contributed by atoms with van der Waals surface area (Å²) in [5, 5.41) is 4.44. The van der Waals surface area contributed by atoms with E-state index in [0.717, 1.165) is 11.1 Å². The number of benzene rings is 1. The molecule has 1 aliphatic rings. The SMILES string of the molecule is CCOC(=O)C1CCN(C(=O)C(C)n2nc(-c3ccc(C)cc3)ccc2=O)CC1. The summed E-state index contributed by atoms with van der Waals surface area (Å²) in [6.45, 7) is 6.78. The van der Waals surface area contributed by atoms with Gasteiger partial charge in [0, 0.05) is 24.7 Å². The number of piperidine rings is 1. The summed E-state index contributed by atoms with van der Waals surface area (Å²) in [6, 6.07) is 10.2. The van der Waals surface area contributed by atoms with Gasteiger partial charge in [-0.2, -0.15) is 5.10 Å². The monoisotopic (exact) mass is 397 g/mol. The molecule has 1 aromatic heterocycles. The van der Waals surface area contributed by atoms with Crippen LogP contribution in [0.25, 0.3) is 11.3 Å². The molecule has 7 heteroatoms. The Hall–Kier alpha value is -2.96. The van der Waals surface area contributed by atoms with Gasteiger partial charge in [0.05, 0.1) is 18.2 Å². The summed E-state index contributed by atoms with van der Waals surface area (Å²) in [7, 11) is 0. The summed E-state index contributed by atoms with van der Waals surface area (Å²) in [5.74, 6) is -0.528. The van der Waals surface area contributed by atoms with E-state index in [2.05, 4.69) is 5.10 Å². The largest absolute Gasteiger partial charge is 0.466 e. The predicted octanol–water partition coefficient (Wildman–Crippen LogP) is 2.58. The van der Waals surface area contributed by atoms with Gasteiger partial charge in [-0.25, -0.2) is 4.68 Å². The van der Waals surface area contributed by atoms with Crippen LogP contribution in [-0.4, -0.2) is 46.3 Å². The molecule has 0 saturated carbocycles. The number of hydrogen-bond donors (Lipinski definition) is 0. The second-order valence-corrected chi connectivity index (χ2v) is 7.39. The van der Waals surface area contributed by atoms with Crippen molar-refractivity contribution in [2.45, 2.75) is 39.7 Å². The molecule has 0 aliphatic carbocycles. The minimum atomic E-state index is -0.716. The second kappa shape index (κ2) is 9.03. The van der Waals surface area contributed by atoms with E-state index in [0.29, 0.717) is 38.2 Å². The molecule has 154 valence electrons. The van der Waals surface area contributed by atoms with E-state index >= 15 is 0 Å². The van der Waals surface area contributed by atoms with Crippen LogP contribution >= 0.6 is 0 Å². The third-order valence-corrected chi connectivity index (χ3v) is 5.32. The van der Waals surface area contributed by atoms with Crippen LogP contribution in [0, 0.1) is 12.8 Å². The third kappa shape index (κ3) is 4.72. The lowest BCUT2D eigenvalue weighted by Crippen LogP contribution is -2.45. The minimum Gasteiger partial charge on any atom is -0.466 e. The summed E-state index contributed by atoms with van der Waals surface area (Å²) in [5.41, 5.74) is 2.35. The first-order chi connectivity index (χ1) is 13.9. The molecule has 1 aromatic carbocycles. The van der Waals surface area contributed by atoms with Gasteiger partial charge in [-0.3, -0.25) is 14.4 Å². The molecule has 2 heterocycles. The van der Waals surface area contributed by atoms with E-state index < -0.39 is 6.04 Å². The zero-order chi connectivity index (χ0) is 21.0. The van der Waals surface area contributed by atoms with E-state index in [1.807, 2.05) is 31.2 Å². The highest BCUT2D eigenvalue weighted by Gasteiger charge is 2.31. The van der Waals surface area contributed by atoms with Gasteiger partial charge in [0.25, 0.3) is 5.56 Å². The fourth-order valence-corrected chi connectivity index (χ4v) is 3.55. The number of hydrogen-bond acceptors (Lipinski definition) is 5. The van der Waals surface area contributed by atoms with Crippen molar-refractivity contribution in [3.05, 3.63) is 52.3 Å². The van der Waals surface area contributed by atoms with Crippen molar-refractivity contribution >= 4 is 11.9 Å². The molecule has 1 aliphatic heterocycles. The zero-order valence-electron chi connectivity index (χ0n) is 17.1. The highest BCUT2D eigenvalue weighted by Crippen LogP contribution is 2.22. The lowest BCUT2D eigenvalue weighted by atomic mass is 9.96. The minimum absolute atomic E-state index is 0.164. The highest BCUT2D eigenvalue weighted by atomic mass is 16.5. The molecule has 0 spiro atoms. The molecule has 1 fully saturated rings. The van der Waals surface area contributed by atoms with E-state index in [-0.39, 0.29) is 23.4 Å². The topological polar surface area (TPSA) is 81.5 Å². The fraction of sp³-hybridized carbons (Fsp3) is 0.455. The first kappa shape index (κ1) is 20.8. The molecule has 7 nitrogen and oxygen atoms in total. The van der Waals surface area contributed by atoms with Gasteiger partial charge in [-0.05, 0) is 39.7 Å². The number of carbonyl (C=O) groups is 2. The number of ether oxygens (including phenoxy) is 1. The van der Waals surface area contributed by atoms with Gasteiger partial charge in [0.2, 0.25) is 5.91 Å². The maximum Gasteiger partial charge on any atom is 0.309 e. The van der Waals surface area contributed by atoms with E-state index in [1.165, 1.54) is 10.7 Å². The molecule has 2 aromatic rings. The third-order valence-electron chi connectivity index (χ3n) is 5.32.